The van der Waals surface area contributed by atoms with Crippen molar-refractivity contribution in [3.63, 3.8) is 0 Å². The second-order valence-electron chi connectivity index (χ2n) is 4.30. The van der Waals surface area contributed by atoms with Crippen molar-refractivity contribution in [1.82, 2.24) is 9.55 Å². The van der Waals surface area contributed by atoms with Crippen LogP contribution in [0.15, 0.2) is 30.3 Å². The summed E-state index contributed by atoms with van der Waals surface area (Å²) in [6.45, 7) is 5.10. The molecule has 3 aromatic rings. The lowest BCUT2D eigenvalue weighted by molar-refractivity contribution is 0.797. The average Bonchev–Trinajstić information content (AvgIpc) is 2.88. The molecule has 0 aliphatic heterocycles. The Morgan fingerprint density at radius 3 is 2.78 bits per heavy atom. The Kier molecular flexibility index (Phi) is 2.59. The lowest BCUT2D eigenvalue weighted by Crippen LogP contribution is -1.98. The number of fused-ring (bicyclic) bond motifs is 1. The van der Waals surface area contributed by atoms with Crippen LogP contribution >= 0.6 is 11.3 Å². The maximum atomic E-state index is 6.08. The lowest BCUT2D eigenvalue weighted by atomic mass is 10.2. The van der Waals surface area contributed by atoms with Gasteiger partial charge in [0.15, 0.2) is 0 Å². The number of imidazole rings is 1. The van der Waals surface area contributed by atoms with E-state index < -0.39 is 0 Å². The number of nitrogens with zero attached hydrogens (tertiary/aromatic N) is 2. The topological polar surface area (TPSA) is 43.8 Å². The number of thiophene rings is 1. The van der Waals surface area contributed by atoms with Crippen LogP contribution in [-0.4, -0.2) is 9.55 Å². The van der Waals surface area contributed by atoms with Crippen LogP contribution in [0.3, 0.4) is 0 Å². The molecule has 0 aliphatic rings. The number of aromatic nitrogens is 2. The molecule has 92 valence electrons. The first kappa shape index (κ1) is 11.3. The van der Waals surface area contributed by atoms with Crippen LogP contribution in [0.1, 0.15) is 11.8 Å². The van der Waals surface area contributed by atoms with E-state index in [4.69, 9.17) is 10.7 Å². The summed E-state index contributed by atoms with van der Waals surface area (Å²) in [6, 6.07) is 10.3. The molecule has 0 radical (unpaired) electrons. The van der Waals surface area contributed by atoms with Crippen molar-refractivity contribution < 1.29 is 0 Å². The van der Waals surface area contributed by atoms with Gasteiger partial charge >= 0.3 is 0 Å². The van der Waals surface area contributed by atoms with Gasteiger partial charge in [0.25, 0.3) is 0 Å². The van der Waals surface area contributed by atoms with Crippen LogP contribution in [0.2, 0.25) is 0 Å². The molecule has 0 atom stereocenters. The minimum Gasteiger partial charge on any atom is -0.390 e. The highest BCUT2D eigenvalue weighted by Gasteiger charge is 2.15. The summed E-state index contributed by atoms with van der Waals surface area (Å²) in [5.74, 6) is 0.973. The molecule has 0 bridgehead atoms. The van der Waals surface area contributed by atoms with Gasteiger partial charge in [-0.25, -0.2) is 4.98 Å². The second kappa shape index (κ2) is 4.14. The summed E-state index contributed by atoms with van der Waals surface area (Å²) in [7, 11) is 0. The van der Waals surface area contributed by atoms with Gasteiger partial charge in [-0.05, 0) is 32.0 Å². The molecule has 2 heterocycles. The van der Waals surface area contributed by atoms with Crippen molar-refractivity contribution in [1.29, 1.82) is 0 Å². The van der Waals surface area contributed by atoms with Gasteiger partial charge in [-0.3, -0.25) is 0 Å². The lowest BCUT2D eigenvalue weighted by Gasteiger charge is -2.05. The van der Waals surface area contributed by atoms with Gasteiger partial charge in [0.2, 0.25) is 0 Å². The first-order valence-corrected chi connectivity index (χ1v) is 6.84. The smallest absolute Gasteiger partial charge is 0.144 e. The predicted molar refractivity (Wildman–Crippen MR) is 77.9 cm³/mol. The van der Waals surface area contributed by atoms with E-state index in [1.54, 1.807) is 11.3 Å². The zero-order chi connectivity index (χ0) is 12.7. The van der Waals surface area contributed by atoms with E-state index in [9.17, 15) is 0 Å². The molecule has 0 aliphatic carbocycles. The van der Waals surface area contributed by atoms with Crippen LogP contribution in [0, 0.1) is 6.92 Å². The predicted octanol–water partition coefficient (Wildman–Crippen LogP) is 3.68. The van der Waals surface area contributed by atoms with Crippen LogP contribution in [0.25, 0.3) is 22.4 Å². The molecule has 4 heteroatoms. The molecule has 2 N–H and O–H groups in total. The first-order chi connectivity index (χ1) is 8.70. The molecule has 18 heavy (non-hydrogen) atoms. The van der Waals surface area contributed by atoms with E-state index in [2.05, 4.69) is 30.5 Å². The Balaban J connectivity index is 2.32. The minimum atomic E-state index is 0.845. The highest BCUT2D eigenvalue weighted by atomic mass is 32.1. The standard InChI is InChI=1S/C14H15N3S/c1-3-17-12-7-5-4-6-11(12)16-14(17)10-8-9(2)18-13(10)15/h4-8H,3,15H2,1-2H3. The Morgan fingerprint density at radius 2 is 2.11 bits per heavy atom. The average molecular weight is 257 g/mol. The normalized spacial score (nSPS) is 11.2. The quantitative estimate of drug-likeness (QED) is 0.761. The van der Waals surface area contributed by atoms with Gasteiger partial charge < -0.3 is 10.3 Å². The van der Waals surface area contributed by atoms with Crippen LogP contribution in [-0.2, 0) is 6.54 Å². The second-order valence-corrected chi connectivity index (χ2v) is 5.59. The van der Waals surface area contributed by atoms with Gasteiger partial charge in [0.1, 0.15) is 5.82 Å². The number of anilines is 1. The Morgan fingerprint density at radius 1 is 1.33 bits per heavy atom. The summed E-state index contributed by atoms with van der Waals surface area (Å²) >= 11 is 1.62. The fourth-order valence-electron chi connectivity index (χ4n) is 2.31. The van der Waals surface area contributed by atoms with Gasteiger partial charge in [-0.1, -0.05) is 12.1 Å². The van der Waals surface area contributed by atoms with Crippen molar-refractivity contribution in [2.24, 2.45) is 0 Å². The molecule has 0 fully saturated rings. The number of benzene rings is 1. The highest BCUT2D eigenvalue weighted by molar-refractivity contribution is 7.16. The van der Waals surface area contributed by atoms with Gasteiger partial charge in [-0.15, -0.1) is 11.3 Å². The Hall–Kier alpha value is -1.81. The van der Waals surface area contributed by atoms with E-state index >= 15 is 0 Å². The molecule has 2 aromatic heterocycles. The molecule has 3 nitrogen and oxygen atoms in total. The minimum absolute atomic E-state index is 0.845. The Bertz CT molecular complexity index is 709. The molecule has 0 spiro atoms. The van der Waals surface area contributed by atoms with Crippen LogP contribution in [0.5, 0.6) is 0 Å². The maximum absolute atomic E-state index is 6.08. The third-order valence-electron chi connectivity index (χ3n) is 3.10. The molecule has 0 saturated heterocycles. The number of aryl methyl sites for hydroxylation is 2. The number of nitrogen functional groups attached to an aromatic ring is 1. The molecule has 0 unspecified atom stereocenters. The van der Waals surface area contributed by atoms with E-state index in [1.807, 2.05) is 18.2 Å². The SMILES string of the molecule is CCn1c(-c2cc(C)sc2N)nc2ccccc21. The van der Waals surface area contributed by atoms with Crippen LogP contribution in [0.4, 0.5) is 5.00 Å². The zero-order valence-corrected chi connectivity index (χ0v) is 11.3. The zero-order valence-electron chi connectivity index (χ0n) is 10.5. The van der Waals surface area contributed by atoms with E-state index in [0.29, 0.717) is 0 Å². The third kappa shape index (κ3) is 1.61. The van der Waals surface area contributed by atoms with Crippen molar-refractivity contribution in [3.8, 4) is 11.4 Å². The Labute approximate surface area is 110 Å². The molecule has 0 amide bonds. The number of nitrogens with two attached hydrogens (primary N) is 1. The van der Waals surface area contributed by atoms with Crippen molar-refractivity contribution in [3.05, 3.63) is 35.2 Å². The summed E-state index contributed by atoms with van der Waals surface area (Å²) < 4.78 is 2.22. The maximum Gasteiger partial charge on any atom is 0.144 e. The van der Waals surface area contributed by atoms with Gasteiger partial charge in [-0.2, -0.15) is 0 Å². The van der Waals surface area contributed by atoms with E-state index in [0.717, 1.165) is 28.5 Å². The molecular weight excluding hydrogens is 242 g/mol. The van der Waals surface area contributed by atoms with Crippen molar-refractivity contribution in [2.45, 2.75) is 20.4 Å². The first-order valence-electron chi connectivity index (χ1n) is 6.02. The summed E-state index contributed by atoms with van der Waals surface area (Å²) in [4.78, 5) is 5.94. The third-order valence-corrected chi connectivity index (χ3v) is 3.98. The highest BCUT2D eigenvalue weighted by Crippen LogP contribution is 2.34. The molecule has 0 saturated carbocycles. The number of hydrogen-bond donors (Lipinski definition) is 1. The van der Waals surface area contributed by atoms with Gasteiger partial charge in [0.05, 0.1) is 21.6 Å². The molecule has 3 rings (SSSR count). The largest absolute Gasteiger partial charge is 0.390 e. The number of rotatable bonds is 2. The van der Waals surface area contributed by atoms with Crippen LogP contribution < -0.4 is 5.73 Å². The van der Waals surface area contributed by atoms with Gasteiger partial charge in [0, 0.05) is 11.4 Å². The monoisotopic (exact) mass is 257 g/mol. The van der Waals surface area contributed by atoms with Crippen molar-refractivity contribution in [2.75, 3.05) is 5.73 Å². The summed E-state index contributed by atoms with van der Waals surface area (Å²) in [5.41, 5.74) is 9.33. The number of para-hydroxylation sites is 2. The van der Waals surface area contributed by atoms with E-state index in [1.165, 1.54) is 10.4 Å². The van der Waals surface area contributed by atoms with E-state index in [-0.39, 0.29) is 0 Å². The summed E-state index contributed by atoms with van der Waals surface area (Å²) in [6.07, 6.45) is 0. The molecule has 1 aromatic carbocycles. The summed E-state index contributed by atoms with van der Waals surface area (Å²) in [5, 5.41) is 0.845. The fraction of sp³-hybridized carbons (Fsp3) is 0.214. The molecular formula is C14H15N3S. The van der Waals surface area contributed by atoms with Crippen molar-refractivity contribution >= 4 is 27.4 Å². The number of hydrogen-bond acceptors (Lipinski definition) is 3. The fourth-order valence-corrected chi connectivity index (χ4v) is 3.09.